The Bertz CT molecular complexity index is 347. The highest BCUT2D eigenvalue weighted by Gasteiger charge is 2.12. The predicted octanol–water partition coefficient (Wildman–Crippen LogP) is -1.02. The summed E-state index contributed by atoms with van der Waals surface area (Å²) < 4.78 is 6.40. The summed E-state index contributed by atoms with van der Waals surface area (Å²) in [4.78, 5) is 11.6. The number of hydrogen-bond donors (Lipinski definition) is 3. The maximum atomic E-state index is 11.6. The molecule has 1 aromatic rings. The second kappa shape index (κ2) is 6.87. The van der Waals surface area contributed by atoms with Crippen LogP contribution < -0.4 is 11.1 Å². The van der Waals surface area contributed by atoms with Crippen LogP contribution in [0.15, 0.2) is 12.4 Å². The van der Waals surface area contributed by atoms with Gasteiger partial charge in [0.05, 0.1) is 24.5 Å². The van der Waals surface area contributed by atoms with Gasteiger partial charge in [-0.25, -0.2) is 0 Å². The first-order valence-electron chi connectivity index (χ1n) is 5.32. The lowest BCUT2D eigenvalue weighted by molar-refractivity contribution is -0.123. The monoisotopic (exact) mass is 242 g/mol. The van der Waals surface area contributed by atoms with Crippen molar-refractivity contribution < 1.29 is 14.6 Å². The van der Waals surface area contributed by atoms with Crippen LogP contribution in [0.5, 0.6) is 0 Å². The molecule has 0 bridgehead atoms. The van der Waals surface area contributed by atoms with Crippen LogP contribution >= 0.6 is 0 Å². The molecule has 1 heterocycles. The molecular weight excluding hydrogens is 224 g/mol. The van der Waals surface area contributed by atoms with Gasteiger partial charge in [-0.1, -0.05) is 0 Å². The van der Waals surface area contributed by atoms with Crippen molar-refractivity contribution >= 4 is 11.6 Å². The molecule has 7 nitrogen and oxygen atoms in total. The van der Waals surface area contributed by atoms with Gasteiger partial charge in [0.15, 0.2) is 0 Å². The molecule has 0 fully saturated rings. The average Bonchev–Trinajstić information content (AvgIpc) is 2.64. The van der Waals surface area contributed by atoms with Crippen LogP contribution in [0.3, 0.4) is 0 Å². The molecule has 17 heavy (non-hydrogen) atoms. The Kier molecular flexibility index (Phi) is 5.44. The fraction of sp³-hybridized carbons (Fsp3) is 0.600. The van der Waals surface area contributed by atoms with Gasteiger partial charge in [0.25, 0.3) is 0 Å². The van der Waals surface area contributed by atoms with Gasteiger partial charge < -0.3 is 20.9 Å². The summed E-state index contributed by atoms with van der Waals surface area (Å²) in [5.74, 6) is -0.191. The van der Waals surface area contributed by atoms with Crippen molar-refractivity contribution in [3.8, 4) is 0 Å². The molecule has 0 saturated heterocycles. The van der Waals surface area contributed by atoms with Crippen LogP contribution in [-0.4, -0.2) is 47.2 Å². The van der Waals surface area contributed by atoms with Gasteiger partial charge in [0.2, 0.25) is 5.91 Å². The van der Waals surface area contributed by atoms with Gasteiger partial charge in [-0.15, -0.1) is 0 Å². The van der Waals surface area contributed by atoms with Crippen molar-refractivity contribution in [2.45, 2.75) is 19.0 Å². The summed E-state index contributed by atoms with van der Waals surface area (Å²) in [7, 11) is 1.55. The first-order valence-corrected chi connectivity index (χ1v) is 5.32. The molecule has 1 unspecified atom stereocenters. The number of nitrogen functional groups attached to an aromatic ring is 1. The Morgan fingerprint density at radius 1 is 1.76 bits per heavy atom. The molecule has 0 aliphatic carbocycles. The lowest BCUT2D eigenvalue weighted by Crippen LogP contribution is -2.40. The van der Waals surface area contributed by atoms with Crippen molar-refractivity contribution in [1.29, 1.82) is 0 Å². The van der Waals surface area contributed by atoms with E-state index >= 15 is 0 Å². The van der Waals surface area contributed by atoms with E-state index in [9.17, 15) is 4.79 Å². The highest BCUT2D eigenvalue weighted by atomic mass is 16.5. The molecule has 1 amide bonds. The second-order valence-corrected chi connectivity index (χ2v) is 3.70. The van der Waals surface area contributed by atoms with E-state index in [1.807, 2.05) is 0 Å². The van der Waals surface area contributed by atoms with E-state index in [2.05, 4.69) is 10.4 Å². The summed E-state index contributed by atoms with van der Waals surface area (Å²) in [5.41, 5.74) is 6.00. The molecule has 0 aliphatic heterocycles. The third kappa shape index (κ3) is 4.83. The fourth-order valence-corrected chi connectivity index (χ4v) is 1.44. The number of methoxy groups -OCH3 is 1. The van der Waals surface area contributed by atoms with Crippen molar-refractivity contribution in [1.82, 2.24) is 15.1 Å². The van der Waals surface area contributed by atoms with E-state index in [0.717, 1.165) is 0 Å². The van der Waals surface area contributed by atoms with Gasteiger partial charge in [-0.05, 0) is 6.42 Å². The first-order chi connectivity index (χ1) is 8.15. The van der Waals surface area contributed by atoms with E-state index in [1.54, 1.807) is 13.3 Å². The second-order valence-electron chi connectivity index (χ2n) is 3.70. The van der Waals surface area contributed by atoms with E-state index in [1.165, 1.54) is 10.9 Å². The Labute approximate surface area is 99.6 Å². The first kappa shape index (κ1) is 13.5. The SMILES string of the molecule is COCC(CCO)NC(=O)Cn1cc(N)cn1. The van der Waals surface area contributed by atoms with Crippen molar-refractivity contribution in [3.05, 3.63) is 12.4 Å². The minimum absolute atomic E-state index is 0.00300. The molecule has 1 rings (SSSR count). The molecule has 0 aliphatic rings. The van der Waals surface area contributed by atoms with Gasteiger partial charge in [-0.3, -0.25) is 9.48 Å². The van der Waals surface area contributed by atoms with E-state index in [0.29, 0.717) is 18.7 Å². The van der Waals surface area contributed by atoms with E-state index in [4.69, 9.17) is 15.6 Å². The molecule has 1 atom stereocenters. The smallest absolute Gasteiger partial charge is 0.242 e. The van der Waals surface area contributed by atoms with Crippen LogP contribution in [0.2, 0.25) is 0 Å². The molecule has 0 aromatic carbocycles. The van der Waals surface area contributed by atoms with Crippen molar-refractivity contribution in [2.24, 2.45) is 0 Å². The predicted molar refractivity (Wildman–Crippen MR) is 62.1 cm³/mol. The summed E-state index contributed by atoms with van der Waals surface area (Å²) in [6, 6.07) is -0.189. The summed E-state index contributed by atoms with van der Waals surface area (Å²) in [5, 5.41) is 15.5. The average molecular weight is 242 g/mol. The Hall–Kier alpha value is -1.60. The number of amides is 1. The fourth-order valence-electron chi connectivity index (χ4n) is 1.44. The largest absolute Gasteiger partial charge is 0.396 e. The number of aromatic nitrogens is 2. The lowest BCUT2D eigenvalue weighted by atomic mass is 10.2. The van der Waals surface area contributed by atoms with Crippen molar-refractivity contribution in [2.75, 3.05) is 26.1 Å². The molecule has 1 aromatic heterocycles. The van der Waals surface area contributed by atoms with Crippen LogP contribution in [0, 0.1) is 0 Å². The standard InChI is InChI=1S/C10H18N4O3/c1-17-7-9(2-3-15)13-10(16)6-14-5-8(11)4-12-14/h4-5,9,15H,2-3,6-7,11H2,1H3,(H,13,16). The van der Waals surface area contributed by atoms with Crippen LogP contribution in [-0.2, 0) is 16.1 Å². The maximum absolute atomic E-state index is 11.6. The number of nitrogens with two attached hydrogens (primary N) is 1. The summed E-state index contributed by atoms with van der Waals surface area (Å²) >= 11 is 0. The van der Waals surface area contributed by atoms with Crippen LogP contribution in [0.4, 0.5) is 5.69 Å². The quantitative estimate of drug-likeness (QED) is 0.568. The third-order valence-corrected chi connectivity index (χ3v) is 2.17. The highest BCUT2D eigenvalue weighted by Crippen LogP contribution is 1.98. The van der Waals surface area contributed by atoms with Crippen LogP contribution in [0.25, 0.3) is 0 Å². The number of rotatable bonds is 7. The zero-order chi connectivity index (χ0) is 12.7. The van der Waals surface area contributed by atoms with Gasteiger partial charge in [-0.2, -0.15) is 5.10 Å². The van der Waals surface area contributed by atoms with Crippen molar-refractivity contribution in [3.63, 3.8) is 0 Å². The third-order valence-electron chi connectivity index (χ3n) is 2.17. The normalized spacial score (nSPS) is 12.4. The number of hydrogen-bond acceptors (Lipinski definition) is 5. The molecule has 7 heteroatoms. The Balaban J connectivity index is 2.41. The van der Waals surface area contributed by atoms with E-state index in [-0.39, 0.29) is 25.1 Å². The van der Waals surface area contributed by atoms with E-state index < -0.39 is 0 Å². The lowest BCUT2D eigenvalue weighted by Gasteiger charge is -2.16. The van der Waals surface area contributed by atoms with Gasteiger partial charge >= 0.3 is 0 Å². The number of ether oxygens (including phenoxy) is 1. The molecule has 0 saturated carbocycles. The number of carbonyl (C=O) groups excluding carboxylic acids is 1. The molecule has 96 valence electrons. The Morgan fingerprint density at radius 3 is 3.06 bits per heavy atom. The number of aliphatic hydroxyl groups excluding tert-OH is 1. The number of nitrogens with one attached hydrogen (secondary N) is 1. The number of nitrogens with zero attached hydrogens (tertiary/aromatic N) is 2. The number of anilines is 1. The number of carbonyl (C=O) groups is 1. The molecule has 0 radical (unpaired) electrons. The minimum Gasteiger partial charge on any atom is -0.396 e. The zero-order valence-corrected chi connectivity index (χ0v) is 9.80. The maximum Gasteiger partial charge on any atom is 0.242 e. The topological polar surface area (TPSA) is 102 Å². The molecular formula is C10H18N4O3. The zero-order valence-electron chi connectivity index (χ0n) is 9.80. The summed E-state index contributed by atoms with van der Waals surface area (Å²) in [6.07, 6.45) is 3.52. The molecule has 4 N–H and O–H groups in total. The highest BCUT2D eigenvalue weighted by molar-refractivity contribution is 5.76. The number of aliphatic hydroxyl groups is 1. The van der Waals surface area contributed by atoms with Gasteiger partial charge in [0.1, 0.15) is 6.54 Å². The molecule has 0 spiro atoms. The Morgan fingerprint density at radius 2 is 2.53 bits per heavy atom. The van der Waals surface area contributed by atoms with Gasteiger partial charge in [0, 0.05) is 19.9 Å². The summed E-state index contributed by atoms with van der Waals surface area (Å²) in [6.45, 7) is 0.472. The minimum atomic E-state index is -0.191. The van der Waals surface area contributed by atoms with Crippen LogP contribution in [0.1, 0.15) is 6.42 Å².